The Kier molecular flexibility index (Phi) is 3.41. The molecule has 1 amide bonds. The number of fused-ring (bicyclic) bond motifs is 2. The third-order valence-electron chi connectivity index (χ3n) is 4.40. The number of carbonyl (C=O) groups excluding carboxylic acids is 1. The number of rotatable bonds is 4. The topological polar surface area (TPSA) is 75.6 Å². The van der Waals surface area contributed by atoms with E-state index in [0.29, 0.717) is 11.4 Å². The fraction of sp³-hybridized carbons (Fsp3) is 0.375. The molecule has 0 radical (unpaired) electrons. The van der Waals surface area contributed by atoms with Crippen molar-refractivity contribution >= 4 is 17.6 Å². The van der Waals surface area contributed by atoms with Crippen LogP contribution in [-0.4, -0.2) is 24.1 Å². The van der Waals surface area contributed by atoms with Gasteiger partial charge in [-0.25, -0.2) is 0 Å². The van der Waals surface area contributed by atoms with Crippen molar-refractivity contribution in [2.75, 3.05) is 12.4 Å². The lowest BCUT2D eigenvalue weighted by Gasteiger charge is -2.23. The van der Waals surface area contributed by atoms with Crippen molar-refractivity contribution in [1.29, 1.82) is 0 Å². The van der Waals surface area contributed by atoms with Gasteiger partial charge in [0.05, 0.1) is 18.9 Å². The van der Waals surface area contributed by atoms with Gasteiger partial charge in [0.1, 0.15) is 5.75 Å². The number of benzene rings is 1. The van der Waals surface area contributed by atoms with Crippen molar-refractivity contribution in [1.82, 2.24) is 0 Å². The SMILES string of the molecule is COc1ccc(NC(=O)[C@H]2[C@@H](C(=O)O)[C@H]3C=C[C@@H]2C3)cc1. The minimum absolute atomic E-state index is 0.0147. The van der Waals surface area contributed by atoms with Crippen LogP contribution in [0, 0.1) is 23.7 Å². The minimum atomic E-state index is -0.887. The van der Waals surface area contributed by atoms with E-state index in [1.165, 1.54) is 0 Å². The number of anilines is 1. The zero-order valence-electron chi connectivity index (χ0n) is 11.7. The van der Waals surface area contributed by atoms with E-state index in [9.17, 15) is 14.7 Å². The molecule has 5 nitrogen and oxygen atoms in total. The number of nitrogens with one attached hydrogen (secondary N) is 1. The van der Waals surface area contributed by atoms with Gasteiger partial charge in [0, 0.05) is 5.69 Å². The van der Waals surface area contributed by atoms with Gasteiger partial charge in [-0.15, -0.1) is 0 Å². The quantitative estimate of drug-likeness (QED) is 0.832. The van der Waals surface area contributed by atoms with Crippen molar-refractivity contribution in [3.05, 3.63) is 36.4 Å². The standard InChI is InChI=1S/C16H17NO4/c1-21-12-6-4-11(5-7-12)17-15(18)13-9-2-3-10(8-9)14(13)16(19)20/h2-7,9-10,13-14H,8H2,1H3,(H,17,18)(H,19,20)/t9-,10+,13-,14+/m1/s1. The van der Waals surface area contributed by atoms with Gasteiger partial charge >= 0.3 is 5.97 Å². The van der Waals surface area contributed by atoms with Gasteiger partial charge in [0.25, 0.3) is 0 Å². The Morgan fingerprint density at radius 2 is 1.76 bits per heavy atom. The summed E-state index contributed by atoms with van der Waals surface area (Å²) >= 11 is 0. The molecule has 1 saturated carbocycles. The predicted octanol–water partition coefficient (Wildman–Crippen LogP) is 2.16. The van der Waals surface area contributed by atoms with Crippen molar-refractivity contribution < 1.29 is 19.4 Å². The molecule has 2 aliphatic carbocycles. The number of hydrogen-bond donors (Lipinski definition) is 2. The molecule has 3 rings (SSSR count). The first-order valence-electron chi connectivity index (χ1n) is 6.96. The fourth-order valence-electron chi connectivity index (χ4n) is 3.42. The first-order chi connectivity index (χ1) is 10.1. The average Bonchev–Trinajstić information content (AvgIpc) is 3.08. The molecule has 1 fully saturated rings. The second kappa shape index (κ2) is 5.24. The van der Waals surface area contributed by atoms with Crippen LogP contribution in [-0.2, 0) is 9.59 Å². The van der Waals surface area contributed by atoms with Gasteiger partial charge in [-0.1, -0.05) is 12.2 Å². The Bertz CT molecular complexity index is 593. The highest BCUT2D eigenvalue weighted by atomic mass is 16.5. The van der Waals surface area contributed by atoms with Crippen LogP contribution in [0.2, 0.25) is 0 Å². The van der Waals surface area contributed by atoms with Gasteiger partial charge < -0.3 is 15.2 Å². The number of hydrogen-bond acceptors (Lipinski definition) is 3. The van der Waals surface area contributed by atoms with Crippen molar-refractivity contribution in [2.24, 2.45) is 23.7 Å². The molecule has 1 aromatic carbocycles. The minimum Gasteiger partial charge on any atom is -0.497 e. The van der Waals surface area contributed by atoms with Crippen LogP contribution in [0.25, 0.3) is 0 Å². The average molecular weight is 287 g/mol. The van der Waals surface area contributed by atoms with Gasteiger partial charge in [-0.05, 0) is 42.5 Å². The van der Waals surface area contributed by atoms with Crippen LogP contribution < -0.4 is 10.1 Å². The largest absolute Gasteiger partial charge is 0.497 e. The number of methoxy groups -OCH3 is 1. The van der Waals surface area contributed by atoms with Crippen LogP contribution in [0.3, 0.4) is 0 Å². The summed E-state index contributed by atoms with van der Waals surface area (Å²) in [6.45, 7) is 0. The molecule has 5 heteroatoms. The molecule has 0 heterocycles. The molecule has 2 bridgehead atoms. The summed E-state index contributed by atoms with van der Waals surface area (Å²) in [6, 6.07) is 7.00. The molecule has 0 unspecified atom stereocenters. The first-order valence-corrected chi connectivity index (χ1v) is 6.96. The number of aliphatic carboxylic acids is 1. The summed E-state index contributed by atoms with van der Waals surface area (Å²) in [4.78, 5) is 23.8. The van der Waals surface area contributed by atoms with Gasteiger partial charge in [-0.3, -0.25) is 9.59 Å². The first kappa shape index (κ1) is 13.7. The van der Waals surface area contributed by atoms with E-state index >= 15 is 0 Å². The Balaban J connectivity index is 1.75. The maximum atomic E-state index is 12.4. The van der Waals surface area contributed by atoms with Crippen molar-refractivity contribution in [3.63, 3.8) is 0 Å². The Hall–Kier alpha value is -2.30. The summed E-state index contributed by atoms with van der Waals surface area (Å²) < 4.78 is 5.06. The molecule has 0 aromatic heterocycles. The van der Waals surface area contributed by atoms with Gasteiger partial charge in [0.2, 0.25) is 5.91 Å². The van der Waals surface area contributed by atoms with Crippen molar-refractivity contribution in [2.45, 2.75) is 6.42 Å². The number of amides is 1. The summed E-state index contributed by atoms with van der Waals surface area (Å²) in [5.74, 6) is -1.48. The zero-order chi connectivity index (χ0) is 15.0. The molecule has 0 saturated heterocycles. The number of allylic oxidation sites excluding steroid dienone is 2. The van der Waals surface area contributed by atoms with E-state index in [-0.39, 0.29) is 17.7 Å². The zero-order valence-corrected chi connectivity index (χ0v) is 11.7. The molecular weight excluding hydrogens is 270 g/mol. The highest BCUT2D eigenvalue weighted by Crippen LogP contribution is 2.48. The lowest BCUT2D eigenvalue weighted by atomic mass is 9.82. The number of ether oxygens (including phenoxy) is 1. The summed E-state index contributed by atoms with van der Waals surface area (Å²) in [5, 5.41) is 12.2. The van der Waals surface area contributed by atoms with Crippen LogP contribution in [0.15, 0.2) is 36.4 Å². The fourth-order valence-corrected chi connectivity index (χ4v) is 3.42. The van der Waals surface area contributed by atoms with Gasteiger partial charge in [-0.2, -0.15) is 0 Å². The van der Waals surface area contributed by atoms with Crippen LogP contribution >= 0.6 is 0 Å². The molecule has 2 N–H and O–H groups in total. The molecule has 0 spiro atoms. The van der Waals surface area contributed by atoms with E-state index in [2.05, 4.69) is 5.32 Å². The second-order valence-corrected chi connectivity index (χ2v) is 5.56. The lowest BCUT2D eigenvalue weighted by Crippen LogP contribution is -2.36. The Labute approximate surface area is 122 Å². The maximum absolute atomic E-state index is 12.4. The molecule has 4 atom stereocenters. The smallest absolute Gasteiger partial charge is 0.307 e. The van der Waals surface area contributed by atoms with Gasteiger partial charge in [0.15, 0.2) is 0 Å². The third-order valence-corrected chi connectivity index (χ3v) is 4.40. The third kappa shape index (κ3) is 2.39. The number of carboxylic acids is 1. The molecule has 21 heavy (non-hydrogen) atoms. The van der Waals surface area contributed by atoms with E-state index in [4.69, 9.17) is 4.74 Å². The molecular formula is C16H17NO4. The van der Waals surface area contributed by atoms with Crippen LogP contribution in [0.1, 0.15) is 6.42 Å². The number of carboxylic acid groups (broad SMARTS) is 1. The molecule has 110 valence electrons. The van der Waals surface area contributed by atoms with Crippen LogP contribution in [0.5, 0.6) is 5.75 Å². The highest BCUT2D eigenvalue weighted by molar-refractivity contribution is 5.96. The van der Waals surface area contributed by atoms with Crippen LogP contribution in [0.4, 0.5) is 5.69 Å². The predicted molar refractivity (Wildman–Crippen MR) is 77.0 cm³/mol. The normalized spacial score (nSPS) is 29.4. The molecule has 2 aliphatic rings. The molecule has 1 aromatic rings. The maximum Gasteiger partial charge on any atom is 0.307 e. The van der Waals surface area contributed by atoms with E-state index in [1.807, 2.05) is 12.2 Å². The summed E-state index contributed by atoms with van der Waals surface area (Å²) in [7, 11) is 1.58. The molecule has 0 aliphatic heterocycles. The van der Waals surface area contributed by atoms with E-state index in [1.54, 1.807) is 31.4 Å². The Morgan fingerprint density at radius 1 is 1.14 bits per heavy atom. The number of carbonyl (C=O) groups is 2. The van der Waals surface area contributed by atoms with E-state index < -0.39 is 17.8 Å². The summed E-state index contributed by atoms with van der Waals surface area (Å²) in [5.41, 5.74) is 0.650. The highest BCUT2D eigenvalue weighted by Gasteiger charge is 2.51. The second-order valence-electron chi connectivity index (χ2n) is 5.56. The van der Waals surface area contributed by atoms with E-state index in [0.717, 1.165) is 6.42 Å². The monoisotopic (exact) mass is 287 g/mol. The Morgan fingerprint density at radius 3 is 2.33 bits per heavy atom. The lowest BCUT2D eigenvalue weighted by molar-refractivity contribution is -0.146. The van der Waals surface area contributed by atoms with Crippen molar-refractivity contribution in [3.8, 4) is 5.75 Å². The summed E-state index contributed by atoms with van der Waals surface area (Å²) in [6.07, 6.45) is 4.67.